The van der Waals surface area contributed by atoms with E-state index in [0.29, 0.717) is 18.1 Å². The number of aryl methyl sites for hydroxylation is 1. The molecule has 1 aliphatic heterocycles. The highest BCUT2D eigenvalue weighted by atomic mass is 35.5. The highest BCUT2D eigenvalue weighted by Gasteiger charge is 2.26. The van der Waals surface area contributed by atoms with Crippen molar-refractivity contribution in [3.05, 3.63) is 52.7 Å². The Labute approximate surface area is 147 Å². The Balaban J connectivity index is 1.59. The Morgan fingerprint density at radius 2 is 2.12 bits per heavy atom. The fourth-order valence-electron chi connectivity index (χ4n) is 2.93. The van der Waals surface area contributed by atoms with E-state index in [1.165, 1.54) is 0 Å². The molecule has 1 aromatic heterocycles. The summed E-state index contributed by atoms with van der Waals surface area (Å²) < 4.78 is 0. The van der Waals surface area contributed by atoms with Crippen molar-refractivity contribution in [1.82, 2.24) is 15.5 Å². The third kappa shape index (κ3) is 4.03. The summed E-state index contributed by atoms with van der Waals surface area (Å²) in [4.78, 5) is 14.6. The predicted octanol–water partition coefficient (Wildman–Crippen LogP) is 2.97. The van der Waals surface area contributed by atoms with Crippen LogP contribution in [0.15, 0.2) is 36.4 Å². The Hall–Kier alpha value is -2.14. The Morgan fingerprint density at radius 3 is 2.88 bits per heavy atom. The first kappa shape index (κ1) is 16.7. The lowest BCUT2D eigenvalue weighted by atomic mass is 9.97. The first-order valence-corrected chi connectivity index (χ1v) is 8.57. The highest BCUT2D eigenvalue weighted by molar-refractivity contribution is 6.31. The molecule has 1 aromatic carbocycles. The van der Waals surface area contributed by atoms with E-state index in [-0.39, 0.29) is 11.8 Å². The molecule has 0 spiro atoms. The van der Waals surface area contributed by atoms with Gasteiger partial charge in [-0.2, -0.15) is 5.10 Å². The molecule has 1 saturated heterocycles. The third-order valence-corrected chi connectivity index (χ3v) is 4.68. The second-order valence-corrected chi connectivity index (χ2v) is 6.53. The van der Waals surface area contributed by atoms with Gasteiger partial charge in [0.05, 0.1) is 11.6 Å². The van der Waals surface area contributed by atoms with E-state index < -0.39 is 0 Å². The molecule has 1 aliphatic rings. The minimum absolute atomic E-state index is 0.0376. The van der Waals surface area contributed by atoms with Gasteiger partial charge in [-0.15, -0.1) is 5.10 Å². The van der Waals surface area contributed by atoms with Crippen molar-refractivity contribution in [3.63, 3.8) is 0 Å². The molecule has 1 amide bonds. The van der Waals surface area contributed by atoms with Crippen LogP contribution in [0.1, 0.15) is 24.1 Å². The molecule has 126 valence electrons. The summed E-state index contributed by atoms with van der Waals surface area (Å²) in [6.07, 6.45) is 1.86. The number of carbonyl (C=O) groups is 1. The van der Waals surface area contributed by atoms with Crippen LogP contribution in [0.2, 0.25) is 5.02 Å². The summed E-state index contributed by atoms with van der Waals surface area (Å²) in [5.74, 6) is 0.869. The molecule has 1 atom stereocenters. The van der Waals surface area contributed by atoms with Gasteiger partial charge < -0.3 is 10.2 Å². The minimum atomic E-state index is -0.0376. The Morgan fingerprint density at radius 1 is 1.29 bits per heavy atom. The van der Waals surface area contributed by atoms with E-state index in [1.807, 2.05) is 43.3 Å². The maximum absolute atomic E-state index is 12.5. The van der Waals surface area contributed by atoms with E-state index in [2.05, 4.69) is 20.4 Å². The topological polar surface area (TPSA) is 58.1 Å². The first-order chi connectivity index (χ1) is 11.6. The van der Waals surface area contributed by atoms with Crippen molar-refractivity contribution in [2.45, 2.75) is 26.3 Å². The van der Waals surface area contributed by atoms with Gasteiger partial charge in [0.2, 0.25) is 5.91 Å². The zero-order valence-corrected chi connectivity index (χ0v) is 14.5. The number of aromatic nitrogens is 2. The number of hydrogen-bond acceptors (Lipinski definition) is 4. The molecule has 2 aromatic rings. The van der Waals surface area contributed by atoms with Gasteiger partial charge in [0.25, 0.3) is 0 Å². The molecule has 5 nitrogen and oxygen atoms in total. The number of benzene rings is 1. The summed E-state index contributed by atoms with van der Waals surface area (Å²) >= 11 is 6.13. The highest BCUT2D eigenvalue weighted by Crippen LogP contribution is 2.22. The molecular weight excluding hydrogens is 324 g/mol. The fraction of sp³-hybridized carbons (Fsp3) is 0.389. The summed E-state index contributed by atoms with van der Waals surface area (Å²) in [6.45, 7) is 3.95. The molecule has 1 N–H and O–H groups in total. The zero-order chi connectivity index (χ0) is 16.9. The zero-order valence-electron chi connectivity index (χ0n) is 13.7. The van der Waals surface area contributed by atoms with Crippen LogP contribution in [0.25, 0.3) is 0 Å². The number of nitrogens with zero attached hydrogens (tertiary/aromatic N) is 3. The smallest absolute Gasteiger partial charge is 0.225 e. The molecule has 0 aliphatic carbocycles. The van der Waals surface area contributed by atoms with E-state index >= 15 is 0 Å². The predicted molar refractivity (Wildman–Crippen MR) is 95.0 cm³/mol. The van der Waals surface area contributed by atoms with Gasteiger partial charge in [-0.1, -0.05) is 29.8 Å². The second kappa shape index (κ2) is 7.62. The van der Waals surface area contributed by atoms with Crippen LogP contribution in [0.5, 0.6) is 0 Å². The number of halogens is 1. The van der Waals surface area contributed by atoms with Gasteiger partial charge in [-0.05, 0) is 43.5 Å². The monoisotopic (exact) mass is 344 g/mol. The quantitative estimate of drug-likeness (QED) is 0.926. The number of amides is 1. The van der Waals surface area contributed by atoms with Crippen molar-refractivity contribution >= 4 is 23.3 Å². The lowest BCUT2D eigenvalue weighted by Crippen LogP contribution is -2.43. The van der Waals surface area contributed by atoms with Gasteiger partial charge in [-0.3, -0.25) is 4.79 Å². The second-order valence-electron chi connectivity index (χ2n) is 6.13. The fourth-order valence-corrected chi connectivity index (χ4v) is 3.13. The van der Waals surface area contributed by atoms with Crippen molar-refractivity contribution in [1.29, 1.82) is 0 Å². The maximum atomic E-state index is 12.5. The normalized spacial score (nSPS) is 17.6. The van der Waals surface area contributed by atoms with Crippen LogP contribution in [0, 0.1) is 12.8 Å². The van der Waals surface area contributed by atoms with Crippen LogP contribution in [0.4, 0.5) is 5.82 Å². The number of piperidine rings is 1. The third-order valence-electron chi connectivity index (χ3n) is 4.31. The number of anilines is 1. The summed E-state index contributed by atoms with van der Waals surface area (Å²) in [6, 6.07) is 11.5. The molecule has 0 radical (unpaired) electrons. The number of hydrogen-bond donors (Lipinski definition) is 1. The molecular formula is C18H21ClN4O. The maximum Gasteiger partial charge on any atom is 0.225 e. The van der Waals surface area contributed by atoms with E-state index in [4.69, 9.17) is 11.6 Å². The number of carbonyl (C=O) groups excluding carboxylic acids is 1. The number of nitrogens with one attached hydrogen (secondary N) is 1. The average Bonchev–Trinajstić information content (AvgIpc) is 2.61. The summed E-state index contributed by atoms with van der Waals surface area (Å²) in [5, 5.41) is 12.0. The standard InChI is InChI=1S/C18H21ClN4O/c1-13-8-9-17(22-21-13)23-10-4-6-15(12-23)18(24)20-11-14-5-2-3-7-16(14)19/h2-3,5,7-9,15H,4,6,10-12H2,1H3,(H,20,24)/t15-/m0/s1. The van der Waals surface area contributed by atoms with Crippen LogP contribution >= 0.6 is 11.6 Å². The van der Waals surface area contributed by atoms with Crippen LogP contribution in [-0.4, -0.2) is 29.2 Å². The van der Waals surface area contributed by atoms with Crippen molar-refractivity contribution in [2.75, 3.05) is 18.0 Å². The van der Waals surface area contributed by atoms with Crippen molar-refractivity contribution in [2.24, 2.45) is 5.92 Å². The van der Waals surface area contributed by atoms with E-state index in [9.17, 15) is 4.79 Å². The average molecular weight is 345 g/mol. The molecule has 3 rings (SSSR count). The first-order valence-electron chi connectivity index (χ1n) is 8.20. The summed E-state index contributed by atoms with van der Waals surface area (Å²) in [7, 11) is 0. The number of rotatable bonds is 4. The largest absolute Gasteiger partial charge is 0.354 e. The van der Waals surface area contributed by atoms with Crippen LogP contribution in [0.3, 0.4) is 0 Å². The van der Waals surface area contributed by atoms with E-state index in [0.717, 1.165) is 36.5 Å². The SMILES string of the molecule is Cc1ccc(N2CCC[C@H](C(=O)NCc3ccccc3Cl)C2)nn1. The van der Waals surface area contributed by atoms with E-state index in [1.54, 1.807) is 0 Å². The van der Waals surface area contributed by atoms with Crippen molar-refractivity contribution in [3.8, 4) is 0 Å². The molecule has 2 heterocycles. The summed E-state index contributed by atoms with van der Waals surface area (Å²) in [5.41, 5.74) is 1.83. The van der Waals surface area contributed by atoms with Crippen molar-refractivity contribution < 1.29 is 4.79 Å². The van der Waals surface area contributed by atoms with Crippen LogP contribution in [-0.2, 0) is 11.3 Å². The van der Waals surface area contributed by atoms with Gasteiger partial charge in [0.15, 0.2) is 5.82 Å². The Kier molecular flexibility index (Phi) is 5.30. The Bertz CT molecular complexity index is 704. The molecule has 24 heavy (non-hydrogen) atoms. The molecule has 0 unspecified atom stereocenters. The van der Waals surface area contributed by atoms with Gasteiger partial charge in [-0.25, -0.2) is 0 Å². The molecule has 0 saturated carbocycles. The van der Waals surface area contributed by atoms with Gasteiger partial charge in [0.1, 0.15) is 0 Å². The lowest BCUT2D eigenvalue weighted by Gasteiger charge is -2.32. The molecule has 0 bridgehead atoms. The molecule has 1 fully saturated rings. The molecule has 6 heteroatoms. The van der Waals surface area contributed by atoms with Gasteiger partial charge >= 0.3 is 0 Å². The minimum Gasteiger partial charge on any atom is -0.354 e. The van der Waals surface area contributed by atoms with Gasteiger partial charge in [0, 0.05) is 24.7 Å². The van der Waals surface area contributed by atoms with Crippen LogP contribution < -0.4 is 10.2 Å². The lowest BCUT2D eigenvalue weighted by molar-refractivity contribution is -0.125.